The van der Waals surface area contributed by atoms with Crippen LogP contribution in [0.5, 0.6) is 0 Å². The molecule has 2 fully saturated rings. The Morgan fingerprint density at radius 1 is 1.05 bits per heavy atom. The molecule has 108 valence electrons. The molecular formula is C15H14N2O4. The number of fused-ring (bicyclic) bond motifs is 1. The number of rotatable bonds is 3. The summed E-state index contributed by atoms with van der Waals surface area (Å²) in [4.78, 5) is 39.1. The molecule has 1 aromatic carbocycles. The molecule has 0 unspecified atom stereocenters. The van der Waals surface area contributed by atoms with E-state index in [9.17, 15) is 14.4 Å². The number of hydrogen-bond donors (Lipinski definition) is 0. The molecule has 0 radical (unpaired) electrons. The van der Waals surface area contributed by atoms with Crippen LogP contribution < -0.4 is 0 Å². The van der Waals surface area contributed by atoms with Gasteiger partial charge in [-0.05, 0) is 25.0 Å². The van der Waals surface area contributed by atoms with E-state index in [4.69, 9.17) is 4.74 Å². The van der Waals surface area contributed by atoms with E-state index in [1.54, 1.807) is 29.2 Å². The maximum atomic E-state index is 12.3. The summed E-state index contributed by atoms with van der Waals surface area (Å²) >= 11 is 0. The fraction of sp³-hybridized carbons (Fsp3) is 0.400. The predicted octanol–water partition coefficient (Wildman–Crippen LogP) is 1.27. The summed E-state index contributed by atoms with van der Waals surface area (Å²) in [6.45, 7) is 0.582. The minimum atomic E-state index is -0.430. The van der Waals surface area contributed by atoms with Crippen molar-refractivity contribution in [3.63, 3.8) is 0 Å². The Balaban J connectivity index is 1.50. The van der Waals surface area contributed by atoms with Gasteiger partial charge in [-0.3, -0.25) is 14.5 Å². The van der Waals surface area contributed by atoms with Gasteiger partial charge in [-0.25, -0.2) is 4.79 Å². The topological polar surface area (TPSA) is 66.9 Å². The maximum Gasteiger partial charge on any atom is 0.410 e. The summed E-state index contributed by atoms with van der Waals surface area (Å²) in [5.74, 6) is -0.618. The average Bonchev–Trinajstić information content (AvgIpc) is 3.22. The number of carbonyl (C=O) groups is 3. The van der Waals surface area contributed by atoms with Gasteiger partial charge in [-0.2, -0.15) is 0 Å². The van der Waals surface area contributed by atoms with Gasteiger partial charge in [0.1, 0.15) is 6.10 Å². The monoisotopic (exact) mass is 286 g/mol. The van der Waals surface area contributed by atoms with Gasteiger partial charge in [-0.1, -0.05) is 12.1 Å². The number of carbonyl (C=O) groups excluding carboxylic acids is 3. The maximum absolute atomic E-state index is 12.3. The second-order valence-corrected chi connectivity index (χ2v) is 5.66. The highest BCUT2D eigenvalue weighted by atomic mass is 16.6. The van der Waals surface area contributed by atoms with E-state index in [2.05, 4.69) is 0 Å². The Labute approximate surface area is 121 Å². The summed E-state index contributed by atoms with van der Waals surface area (Å²) in [6.07, 6.45) is 1.25. The van der Waals surface area contributed by atoms with Crippen LogP contribution in [0, 0.1) is 0 Å². The smallest absolute Gasteiger partial charge is 0.410 e. The lowest BCUT2D eigenvalue weighted by Crippen LogP contribution is -2.38. The number of imide groups is 1. The van der Waals surface area contributed by atoms with Gasteiger partial charge in [0.05, 0.1) is 24.2 Å². The van der Waals surface area contributed by atoms with Crippen molar-refractivity contribution in [3.05, 3.63) is 35.4 Å². The van der Waals surface area contributed by atoms with Crippen molar-refractivity contribution in [3.8, 4) is 0 Å². The van der Waals surface area contributed by atoms with Gasteiger partial charge < -0.3 is 9.64 Å². The zero-order valence-electron chi connectivity index (χ0n) is 11.3. The number of amides is 3. The molecule has 6 nitrogen and oxygen atoms in total. The van der Waals surface area contributed by atoms with E-state index >= 15 is 0 Å². The zero-order chi connectivity index (χ0) is 14.6. The van der Waals surface area contributed by atoms with Crippen LogP contribution in [-0.2, 0) is 4.74 Å². The SMILES string of the molecule is O=C1c2ccccc2C(=O)N1C[C@H]1CN(C2CC2)C(=O)O1. The molecule has 0 aromatic heterocycles. The van der Waals surface area contributed by atoms with E-state index in [1.165, 1.54) is 4.90 Å². The first-order valence-corrected chi connectivity index (χ1v) is 7.07. The van der Waals surface area contributed by atoms with Crippen LogP contribution in [0.15, 0.2) is 24.3 Å². The van der Waals surface area contributed by atoms with Crippen LogP contribution in [-0.4, -0.2) is 52.9 Å². The Kier molecular flexibility index (Phi) is 2.54. The molecule has 0 N–H and O–H groups in total. The molecule has 1 aliphatic carbocycles. The highest BCUT2D eigenvalue weighted by Gasteiger charge is 2.44. The third-order valence-corrected chi connectivity index (χ3v) is 4.15. The summed E-state index contributed by atoms with van der Waals surface area (Å²) in [6, 6.07) is 7.04. The highest BCUT2D eigenvalue weighted by Crippen LogP contribution is 2.31. The molecule has 4 rings (SSSR count). The summed E-state index contributed by atoms with van der Waals surface area (Å²) in [7, 11) is 0. The van der Waals surface area contributed by atoms with Crippen molar-refractivity contribution in [2.24, 2.45) is 0 Å². The fourth-order valence-electron chi connectivity index (χ4n) is 2.93. The largest absolute Gasteiger partial charge is 0.442 e. The lowest BCUT2D eigenvalue weighted by atomic mass is 10.1. The van der Waals surface area contributed by atoms with Crippen molar-refractivity contribution in [1.82, 2.24) is 9.80 Å². The first-order valence-electron chi connectivity index (χ1n) is 7.07. The normalized spacial score (nSPS) is 24.6. The van der Waals surface area contributed by atoms with Crippen LogP contribution >= 0.6 is 0 Å². The number of ether oxygens (including phenoxy) is 1. The Hall–Kier alpha value is -2.37. The minimum absolute atomic E-state index is 0.126. The molecule has 1 saturated carbocycles. The first-order chi connectivity index (χ1) is 10.1. The van der Waals surface area contributed by atoms with Gasteiger partial charge in [0.2, 0.25) is 0 Å². The van der Waals surface area contributed by atoms with E-state index in [0.717, 1.165) is 12.8 Å². The lowest BCUT2D eigenvalue weighted by molar-refractivity contribution is 0.0558. The average molecular weight is 286 g/mol. The fourth-order valence-corrected chi connectivity index (χ4v) is 2.93. The van der Waals surface area contributed by atoms with Crippen molar-refractivity contribution < 1.29 is 19.1 Å². The summed E-state index contributed by atoms with van der Waals surface area (Å²) in [5, 5.41) is 0. The molecule has 2 aliphatic heterocycles. The molecule has 1 saturated heterocycles. The summed E-state index contributed by atoms with van der Waals surface area (Å²) < 4.78 is 5.27. The highest BCUT2D eigenvalue weighted by molar-refractivity contribution is 6.21. The molecular weight excluding hydrogens is 272 g/mol. The summed E-state index contributed by atoms with van der Waals surface area (Å²) in [5.41, 5.74) is 0.844. The number of nitrogens with zero attached hydrogens (tertiary/aromatic N) is 2. The minimum Gasteiger partial charge on any atom is -0.442 e. The third kappa shape index (κ3) is 1.90. The molecule has 3 aliphatic rings. The van der Waals surface area contributed by atoms with Gasteiger partial charge in [-0.15, -0.1) is 0 Å². The first kappa shape index (κ1) is 12.4. The second kappa shape index (κ2) is 4.31. The van der Waals surface area contributed by atoms with Crippen molar-refractivity contribution in [2.45, 2.75) is 25.0 Å². The van der Waals surface area contributed by atoms with Gasteiger partial charge in [0, 0.05) is 6.04 Å². The number of benzene rings is 1. The van der Waals surface area contributed by atoms with Crippen molar-refractivity contribution in [2.75, 3.05) is 13.1 Å². The standard InChI is InChI=1S/C15H14N2O4/c18-13-11-3-1-2-4-12(11)14(19)17(13)8-10-7-16(9-5-6-9)15(20)21-10/h1-4,9-10H,5-8H2/t10-/m1/s1. The van der Waals surface area contributed by atoms with E-state index < -0.39 is 6.10 Å². The second-order valence-electron chi connectivity index (χ2n) is 5.66. The molecule has 1 atom stereocenters. The Morgan fingerprint density at radius 2 is 1.67 bits per heavy atom. The van der Waals surface area contributed by atoms with Crippen LogP contribution in [0.1, 0.15) is 33.6 Å². The molecule has 21 heavy (non-hydrogen) atoms. The molecule has 3 amide bonds. The Bertz CT molecular complexity index is 618. The van der Waals surface area contributed by atoms with Crippen LogP contribution in [0.2, 0.25) is 0 Å². The number of hydrogen-bond acceptors (Lipinski definition) is 4. The van der Waals surface area contributed by atoms with Crippen molar-refractivity contribution >= 4 is 17.9 Å². The van der Waals surface area contributed by atoms with Gasteiger partial charge in [0.15, 0.2) is 0 Å². The van der Waals surface area contributed by atoms with Crippen molar-refractivity contribution in [1.29, 1.82) is 0 Å². The van der Waals surface area contributed by atoms with Crippen LogP contribution in [0.25, 0.3) is 0 Å². The number of cyclic esters (lactones) is 1. The quantitative estimate of drug-likeness (QED) is 0.785. The predicted molar refractivity (Wildman–Crippen MR) is 71.8 cm³/mol. The zero-order valence-corrected chi connectivity index (χ0v) is 11.3. The molecule has 2 heterocycles. The van der Waals surface area contributed by atoms with Gasteiger partial charge in [0.25, 0.3) is 11.8 Å². The van der Waals surface area contributed by atoms with E-state index in [0.29, 0.717) is 17.7 Å². The molecule has 6 heteroatoms. The van der Waals surface area contributed by atoms with Crippen LogP contribution in [0.3, 0.4) is 0 Å². The third-order valence-electron chi connectivity index (χ3n) is 4.15. The molecule has 0 bridgehead atoms. The lowest BCUT2D eigenvalue weighted by Gasteiger charge is -2.17. The van der Waals surface area contributed by atoms with Gasteiger partial charge >= 0.3 is 6.09 Å². The molecule has 1 aromatic rings. The van der Waals surface area contributed by atoms with E-state index in [-0.39, 0.29) is 30.5 Å². The van der Waals surface area contributed by atoms with E-state index in [1.807, 2.05) is 0 Å². The van der Waals surface area contributed by atoms with Crippen LogP contribution in [0.4, 0.5) is 4.79 Å². The molecule has 0 spiro atoms. The Morgan fingerprint density at radius 3 is 2.24 bits per heavy atom.